The van der Waals surface area contributed by atoms with Crippen molar-refractivity contribution in [3.63, 3.8) is 0 Å². The van der Waals surface area contributed by atoms with Gasteiger partial charge in [-0.15, -0.1) is 0 Å². The van der Waals surface area contributed by atoms with Gasteiger partial charge < -0.3 is 4.90 Å². The molecule has 0 amide bonds. The number of hydrogen-bond donors (Lipinski definition) is 0. The van der Waals surface area contributed by atoms with Crippen molar-refractivity contribution in [3.05, 3.63) is 59.3 Å². The van der Waals surface area contributed by atoms with Crippen LogP contribution < -0.4 is 0 Å². The first-order valence-corrected chi connectivity index (χ1v) is 9.96. The van der Waals surface area contributed by atoms with E-state index in [1.807, 2.05) is 24.3 Å². The predicted octanol–water partition coefficient (Wildman–Crippen LogP) is 4.69. The van der Waals surface area contributed by atoms with Gasteiger partial charge >= 0.3 is 0 Å². The fourth-order valence-electron chi connectivity index (χ4n) is 4.57. The molecule has 1 saturated heterocycles. The summed E-state index contributed by atoms with van der Waals surface area (Å²) < 4.78 is 0. The first-order valence-electron chi connectivity index (χ1n) is 9.96. The second kappa shape index (κ2) is 6.95. The Morgan fingerprint density at radius 3 is 2.48 bits per heavy atom. The van der Waals surface area contributed by atoms with Gasteiger partial charge in [-0.05, 0) is 41.0 Å². The first-order chi connectivity index (χ1) is 12.9. The highest BCUT2D eigenvalue weighted by Crippen LogP contribution is 2.40. The third-order valence-electron chi connectivity index (χ3n) is 5.85. The molecule has 0 saturated carbocycles. The Labute approximate surface area is 161 Å². The van der Waals surface area contributed by atoms with E-state index >= 15 is 0 Å². The highest BCUT2D eigenvalue weighted by atomic mass is 16.1. The van der Waals surface area contributed by atoms with Crippen LogP contribution in [0.2, 0.25) is 0 Å². The molecule has 2 aromatic rings. The van der Waals surface area contributed by atoms with Crippen LogP contribution in [0.5, 0.6) is 0 Å². The first kappa shape index (κ1) is 18.0. The van der Waals surface area contributed by atoms with Crippen LogP contribution in [0.1, 0.15) is 45.1 Å². The summed E-state index contributed by atoms with van der Waals surface area (Å²) in [4.78, 5) is 28.5. The molecule has 1 heterocycles. The van der Waals surface area contributed by atoms with Crippen LogP contribution in [0.25, 0.3) is 10.8 Å². The van der Waals surface area contributed by atoms with Gasteiger partial charge in [0.2, 0.25) is 0 Å². The quantitative estimate of drug-likeness (QED) is 0.742. The summed E-state index contributed by atoms with van der Waals surface area (Å²) >= 11 is 0. The van der Waals surface area contributed by atoms with Crippen LogP contribution in [-0.2, 0) is 16.0 Å². The maximum absolute atomic E-state index is 13.3. The fourth-order valence-corrected chi connectivity index (χ4v) is 4.57. The highest BCUT2D eigenvalue weighted by Gasteiger charge is 2.38. The summed E-state index contributed by atoms with van der Waals surface area (Å²) in [6.07, 6.45) is 3.85. The topological polar surface area (TPSA) is 37.4 Å². The molecule has 1 aliphatic heterocycles. The minimum Gasteiger partial charge on any atom is -0.374 e. The minimum atomic E-state index is -0.0712. The number of rotatable bonds is 4. The van der Waals surface area contributed by atoms with E-state index in [0.717, 1.165) is 54.4 Å². The van der Waals surface area contributed by atoms with Gasteiger partial charge in [-0.2, -0.15) is 0 Å². The van der Waals surface area contributed by atoms with E-state index in [-0.39, 0.29) is 17.0 Å². The largest absolute Gasteiger partial charge is 0.374 e. The normalized spacial score (nSPS) is 19.8. The molecule has 3 heteroatoms. The van der Waals surface area contributed by atoms with E-state index in [9.17, 15) is 9.59 Å². The van der Waals surface area contributed by atoms with Gasteiger partial charge in [-0.3, -0.25) is 9.59 Å². The van der Waals surface area contributed by atoms with E-state index < -0.39 is 0 Å². The number of nitrogens with zero attached hydrogens (tertiary/aromatic N) is 1. The zero-order valence-corrected chi connectivity index (χ0v) is 16.3. The number of Topliss-reactive ketones (excluding diaryl/α,β-unsaturated/α-hetero) is 2. The molecule has 1 aliphatic carbocycles. The molecule has 4 rings (SSSR count). The number of allylic oxidation sites excluding steroid dienone is 2. The molecule has 0 radical (unpaired) electrons. The number of hydrogen-bond acceptors (Lipinski definition) is 3. The van der Waals surface area contributed by atoms with Crippen molar-refractivity contribution in [3.8, 4) is 0 Å². The average molecular weight is 361 g/mol. The molecule has 2 aliphatic rings. The summed E-state index contributed by atoms with van der Waals surface area (Å²) in [5, 5.41) is 2.23. The van der Waals surface area contributed by atoms with Crippen LogP contribution in [0, 0.1) is 5.41 Å². The second-order valence-corrected chi connectivity index (χ2v) is 8.70. The van der Waals surface area contributed by atoms with Crippen molar-refractivity contribution in [2.24, 2.45) is 5.41 Å². The minimum absolute atomic E-state index is 0.0197. The Balaban J connectivity index is 1.72. The van der Waals surface area contributed by atoms with Crippen molar-refractivity contribution < 1.29 is 9.59 Å². The molecule has 0 bridgehead atoms. The van der Waals surface area contributed by atoms with Crippen LogP contribution in [0.4, 0.5) is 0 Å². The smallest absolute Gasteiger partial charge is 0.172 e. The lowest BCUT2D eigenvalue weighted by atomic mass is 9.74. The van der Waals surface area contributed by atoms with Crippen molar-refractivity contribution in [2.75, 3.05) is 13.1 Å². The molecule has 1 fully saturated rings. The van der Waals surface area contributed by atoms with Crippen LogP contribution in [-0.4, -0.2) is 29.6 Å². The molecule has 0 N–H and O–H groups in total. The van der Waals surface area contributed by atoms with Crippen molar-refractivity contribution in [1.82, 2.24) is 4.90 Å². The monoisotopic (exact) mass is 361 g/mol. The zero-order chi connectivity index (χ0) is 19.0. The highest BCUT2D eigenvalue weighted by molar-refractivity contribution is 6.22. The molecule has 0 aromatic heterocycles. The molecular formula is C24H27NO2. The van der Waals surface area contributed by atoms with Gasteiger partial charge in [-0.1, -0.05) is 56.3 Å². The summed E-state index contributed by atoms with van der Waals surface area (Å²) in [5.41, 5.74) is 2.41. The van der Waals surface area contributed by atoms with Gasteiger partial charge in [-0.25, -0.2) is 0 Å². The Bertz CT molecular complexity index is 927. The maximum atomic E-state index is 13.3. The van der Waals surface area contributed by atoms with Crippen LogP contribution >= 0.6 is 0 Å². The lowest BCUT2D eigenvalue weighted by molar-refractivity contribution is -0.123. The third kappa shape index (κ3) is 3.55. The zero-order valence-electron chi connectivity index (χ0n) is 16.3. The van der Waals surface area contributed by atoms with E-state index in [1.165, 1.54) is 0 Å². The lowest BCUT2D eigenvalue weighted by Gasteiger charge is -2.36. The SMILES string of the molecule is CC1(C)CC(=O)C(C(=O)Cc2cccc3ccccc23)=C(N2CCCC2)C1. The Hall–Kier alpha value is -2.42. The maximum Gasteiger partial charge on any atom is 0.172 e. The van der Waals surface area contributed by atoms with Gasteiger partial charge in [0, 0.05) is 31.6 Å². The van der Waals surface area contributed by atoms with Crippen LogP contribution in [0.15, 0.2) is 53.7 Å². The fraction of sp³-hybridized carbons (Fsp3) is 0.417. The van der Waals surface area contributed by atoms with Gasteiger partial charge in [0.15, 0.2) is 11.6 Å². The Morgan fingerprint density at radius 1 is 1.00 bits per heavy atom. The molecule has 140 valence electrons. The Kier molecular flexibility index (Phi) is 4.63. The molecule has 0 atom stereocenters. The van der Waals surface area contributed by atoms with E-state index in [4.69, 9.17) is 0 Å². The molecule has 0 unspecified atom stereocenters. The van der Waals surface area contributed by atoms with E-state index in [1.54, 1.807) is 0 Å². The average Bonchev–Trinajstić information content (AvgIpc) is 3.15. The van der Waals surface area contributed by atoms with E-state index in [0.29, 0.717) is 18.4 Å². The molecule has 2 aromatic carbocycles. The van der Waals surface area contributed by atoms with Crippen molar-refractivity contribution in [2.45, 2.75) is 46.0 Å². The number of likely N-dealkylation sites (tertiary alicyclic amines) is 1. The van der Waals surface area contributed by atoms with Gasteiger partial charge in [0.1, 0.15) is 0 Å². The Morgan fingerprint density at radius 2 is 1.70 bits per heavy atom. The van der Waals surface area contributed by atoms with Crippen molar-refractivity contribution in [1.29, 1.82) is 0 Å². The second-order valence-electron chi connectivity index (χ2n) is 8.70. The predicted molar refractivity (Wildman–Crippen MR) is 109 cm³/mol. The number of carbonyl (C=O) groups is 2. The lowest BCUT2D eigenvalue weighted by Crippen LogP contribution is -2.36. The summed E-state index contributed by atoms with van der Waals surface area (Å²) in [6.45, 7) is 6.19. The number of benzene rings is 2. The number of carbonyl (C=O) groups excluding carboxylic acids is 2. The van der Waals surface area contributed by atoms with Gasteiger partial charge in [0.25, 0.3) is 0 Å². The summed E-state index contributed by atoms with van der Waals surface area (Å²) in [5.74, 6) is 0.00661. The molecule has 27 heavy (non-hydrogen) atoms. The summed E-state index contributed by atoms with van der Waals surface area (Å²) in [6, 6.07) is 14.2. The molecule has 0 spiro atoms. The van der Waals surface area contributed by atoms with E-state index in [2.05, 4.69) is 36.9 Å². The number of ketones is 2. The number of fused-ring (bicyclic) bond motifs is 1. The molecular weight excluding hydrogens is 334 g/mol. The van der Waals surface area contributed by atoms with Crippen LogP contribution in [0.3, 0.4) is 0 Å². The standard InChI is InChI=1S/C24H27NO2/c1-24(2)15-20(25-12-5-6-13-25)23(22(27)16-24)21(26)14-18-10-7-9-17-8-3-4-11-19(17)18/h3-4,7-11H,5-6,12-16H2,1-2H3. The van der Waals surface area contributed by atoms with Crippen molar-refractivity contribution >= 4 is 22.3 Å². The van der Waals surface area contributed by atoms with Gasteiger partial charge in [0.05, 0.1) is 5.57 Å². The third-order valence-corrected chi connectivity index (χ3v) is 5.85. The summed E-state index contributed by atoms with van der Waals surface area (Å²) in [7, 11) is 0. The molecule has 3 nitrogen and oxygen atoms in total.